The molecule has 0 unspecified atom stereocenters. The van der Waals surface area contributed by atoms with Crippen molar-refractivity contribution in [3.05, 3.63) is 76.9 Å². The summed E-state index contributed by atoms with van der Waals surface area (Å²) in [5.41, 5.74) is 6.66. The number of anilines is 2. The molecule has 1 fully saturated rings. The van der Waals surface area contributed by atoms with Crippen molar-refractivity contribution in [2.75, 3.05) is 18.4 Å². The third kappa shape index (κ3) is 6.91. The number of hydrogen-bond acceptors (Lipinski definition) is 7. The van der Waals surface area contributed by atoms with Crippen molar-refractivity contribution in [1.29, 1.82) is 0 Å². The fraction of sp³-hybridized carbons (Fsp3) is 0.320. The first-order valence-corrected chi connectivity index (χ1v) is 11.8. The van der Waals surface area contributed by atoms with Crippen molar-refractivity contribution in [2.24, 2.45) is 5.73 Å². The van der Waals surface area contributed by atoms with E-state index in [9.17, 15) is 22.8 Å². The van der Waals surface area contributed by atoms with Crippen molar-refractivity contribution >= 4 is 31.1 Å². The largest absolute Gasteiger partial charge is 0.419 e. The number of nitrogens with zero attached hydrogens (tertiary/aromatic N) is 4. The molecule has 12 heteroatoms. The Morgan fingerprint density at radius 2 is 1.86 bits per heavy atom. The summed E-state index contributed by atoms with van der Waals surface area (Å²) < 4.78 is 40.8. The van der Waals surface area contributed by atoms with Crippen molar-refractivity contribution < 1.29 is 22.8 Å². The molecular weight excluding hydrogens is 484 g/mol. The van der Waals surface area contributed by atoms with E-state index in [1.807, 2.05) is 29.1 Å². The van der Waals surface area contributed by atoms with Gasteiger partial charge in [0.1, 0.15) is 0 Å². The van der Waals surface area contributed by atoms with E-state index < -0.39 is 17.6 Å². The van der Waals surface area contributed by atoms with Gasteiger partial charge in [-0.2, -0.15) is 13.2 Å². The van der Waals surface area contributed by atoms with E-state index in [0.717, 1.165) is 43.9 Å². The van der Waals surface area contributed by atoms with Gasteiger partial charge in [-0.25, -0.2) is 9.97 Å². The Balaban J connectivity index is 1.46. The Morgan fingerprint density at radius 3 is 2.51 bits per heavy atom. The van der Waals surface area contributed by atoms with Gasteiger partial charge >= 0.3 is 6.18 Å². The maximum absolute atomic E-state index is 13.6. The predicted molar refractivity (Wildman–Crippen MR) is 133 cm³/mol. The number of alkyl halides is 3. The molecule has 1 aliphatic heterocycles. The molecule has 0 spiro atoms. The second-order valence-electron chi connectivity index (χ2n) is 8.79. The first kappa shape index (κ1) is 26.3. The molecule has 1 aromatic carbocycles. The van der Waals surface area contributed by atoms with Crippen LogP contribution in [0.15, 0.2) is 48.8 Å². The number of piperidine rings is 1. The van der Waals surface area contributed by atoms with Gasteiger partial charge in [-0.05, 0) is 74.5 Å². The lowest BCUT2D eigenvalue weighted by Gasteiger charge is -2.30. The van der Waals surface area contributed by atoms with Crippen molar-refractivity contribution in [2.45, 2.75) is 37.8 Å². The highest BCUT2D eigenvalue weighted by Gasteiger charge is 2.35. The van der Waals surface area contributed by atoms with Crippen LogP contribution in [0.5, 0.6) is 0 Å². The van der Waals surface area contributed by atoms with Crippen LogP contribution in [0, 0.1) is 0 Å². The van der Waals surface area contributed by atoms with Gasteiger partial charge in [0, 0.05) is 29.3 Å². The van der Waals surface area contributed by atoms with Crippen LogP contribution in [0.2, 0.25) is 0 Å². The Labute approximate surface area is 212 Å². The fourth-order valence-corrected chi connectivity index (χ4v) is 4.36. The second kappa shape index (κ2) is 11.5. The molecule has 1 aliphatic rings. The number of pyridine rings is 1. The van der Waals surface area contributed by atoms with E-state index in [4.69, 9.17) is 5.73 Å². The van der Waals surface area contributed by atoms with Gasteiger partial charge < -0.3 is 20.7 Å². The van der Waals surface area contributed by atoms with Crippen LogP contribution in [0.25, 0.3) is 0 Å². The standard InChI is InChI=1S/C25H25BF3N6O2/c27-25(28,29)21-14-32-24(34-22(21)6-5-20-13-18(23(30)37)7-10-31-20)33-19-3-1-16(2-4-19)17-8-11-35(12-9-17)26-15-36/h1-4,7,10,13-15,17H,5-6,8-9,11-12H2,(H2,30,37)(H,32,33,34). The zero-order valence-electron chi connectivity index (χ0n) is 19.9. The molecule has 0 saturated carbocycles. The summed E-state index contributed by atoms with van der Waals surface area (Å²) in [6.45, 7) is 1.63. The lowest BCUT2D eigenvalue weighted by Crippen LogP contribution is -2.36. The summed E-state index contributed by atoms with van der Waals surface area (Å²) in [5.74, 6) is -0.214. The van der Waals surface area contributed by atoms with E-state index in [0.29, 0.717) is 17.3 Å². The first-order chi connectivity index (χ1) is 17.7. The lowest BCUT2D eigenvalue weighted by atomic mass is 9.84. The molecule has 191 valence electrons. The summed E-state index contributed by atoms with van der Waals surface area (Å²) in [4.78, 5) is 36.2. The third-order valence-corrected chi connectivity index (χ3v) is 6.33. The van der Waals surface area contributed by atoms with Gasteiger partial charge in [0.2, 0.25) is 11.9 Å². The molecule has 3 heterocycles. The normalized spacial score (nSPS) is 14.8. The van der Waals surface area contributed by atoms with E-state index in [2.05, 4.69) is 20.3 Å². The van der Waals surface area contributed by atoms with Gasteiger partial charge in [0.15, 0.2) is 0 Å². The van der Waals surface area contributed by atoms with E-state index in [1.54, 1.807) is 7.41 Å². The summed E-state index contributed by atoms with van der Waals surface area (Å²) >= 11 is 0. The molecule has 0 atom stereocenters. The molecule has 2 aromatic heterocycles. The van der Waals surface area contributed by atoms with E-state index >= 15 is 0 Å². The minimum atomic E-state index is -4.61. The minimum Gasteiger partial charge on any atom is -0.366 e. The van der Waals surface area contributed by atoms with Crippen LogP contribution in [-0.4, -0.2) is 52.4 Å². The average Bonchev–Trinajstić information content (AvgIpc) is 2.88. The highest BCUT2D eigenvalue weighted by molar-refractivity contribution is 6.64. The summed E-state index contributed by atoms with van der Waals surface area (Å²) in [6, 6.07) is 10.6. The lowest BCUT2D eigenvalue weighted by molar-refractivity contribution is -0.138. The Bertz CT molecular complexity index is 1250. The average molecular weight is 509 g/mol. The van der Waals surface area contributed by atoms with E-state index in [-0.39, 0.29) is 30.0 Å². The quantitative estimate of drug-likeness (QED) is 0.335. The van der Waals surface area contributed by atoms with Crippen LogP contribution in [0.1, 0.15) is 51.6 Å². The fourth-order valence-electron chi connectivity index (χ4n) is 4.36. The number of nitrogens with two attached hydrogens (primary N) is 1. The number of primary amides is 1. The number of amides is 1. The van der Waals surface area contributed by atoms with Gasteiger partial charge in [0.25, 0.3) is 7.41 Å². The number of hydrogen-bond donors (Lipinski definition) is 2. The number of aromatic nitrogens is 3. The van der Waals surface area contributed by atoms with E-state index in [1.165, 1.54) is 18.3 Å². The smallest absolute Gasteiger partial charge is 0.366 e. The van der Waals surface area contributed by atoms with Gasteiger partial charge in [-0.1, -0.05) is 12.1 Å². The molecule has 8 nitrogen and oxygen atoms in total. The molecular formula is C25H25BF3N6O2. The first-order valence-electron chi connectivity index (χ1n) is 11.8. The summed E-state index contributed by atoms with van der Waals surface area (Å²) in [5, 5.41) is 2.98. The number of carbonyl (C=O) groups excluding carboxylic acids is 2. The van der Waals surface area contributed by atoms with Crippen LogP contribution in [0.3, 0.4) is 0 Å². The maximum atomic E-state index is 13.6. The van der Waals surface area contributed by atoms with Crippen molar-refractivity contribution in [1.82, 2.24) is 19.8 Å². The zero-order valence-corrected chi connectivity index (χ0v) is 19.9. The molecule has 1 radical (unpaired) electrons. The molecule has 4 rings (SSSR count). The predicted octanol–water partition coefficient (Wildman–Crippen LogP) is 3.51. The number of aryl methyl sites for hydroxylation is 2. The van der Waals surface area contributed by atoms with Crippen LogP contribution >= 0.6 is 0 Å². The molecule has 1 saturated heterocycles. The molecule has 37 heavy (non-hydrogen) atoms. The van der Waals surface area contributed by atoms with Crippen LogP contribution < -0.4 is 11.1 Å². The second-order valence-corrected chi connectivity index (χ2v) is 8.79. The minimum absolute atomic E-state index is 0.0484. The maximum Gasteiger partial charge on any atom is 0.419 e. The monoisotopic (exact) mass is 509 g/mol. The number of carbonyl (C=O) groups is 2. The molecule has 1 amide bonds. The van der Waals surface area contributed by atoms with Crippen molar-refractivity contribution in [3.63, 3.8) is 0 Å². The molecule has 3 N–H and O–H groups in total. The van der Waals surface area contributed by atoms with Crippen LogP contribution in [0.4, 0.5) is 24.8 Å². The molecule has 3 aromatic rings. The highest BCUT2D eigenvalue weighted by atomic mass is 19.4. The summed E-state index contributed by atoms with van der Waals surface area (Å²) in [7, 11) is 1.57. The number of rotatable bonds is 9. The molecule has 0 bridgehead atoms. The van der Waals surface area contributed by atoms with Gasteiger partial charge in [-0.3, -0.25) is 9.78 Å². The zero-order chi connectivity index (χ0) is 26.4. The third-order valence-electron chi connectivity index (χ3n) is 6.33. The number of benzene rings is 1. The van der Waals surface area contributed by atoms with Crippen LogP contribution in [-0.2, 0) is 23.8 Å². The van der Waals surface area contributed by atoms with Crippen molar-refractivity contribution in [3.8, 4) is 0 Å². The molecule has 0 aliphatic carbocycles. The number of nitrogens with one attached hydrogen (secondary N) is 1. The summed E-state index contributed by atoms with van der Waals surface area (Å²) in [6.07, 6.45) is 0.295. The Morgan fingerprint density at radius 1 is 1.14 bits per heavy atom. The highest BCUT2D eigenvalue weighted by Crippen LogP contribution is 2.32. The SMILES string of the molecule is NC(=O)c1ccnc(CCc2nc(Nc3ccc(C4CCN([B]C=O)CC4)cc3)ncc2C(F)(F)F)c1. The van der Waals surface area contributed by atoms with Gasteiger partial charge in [0.05, 0.1) is 17.4 Å². The van der Waals surface area contributed by atoms with Gasteiger partial charge in [-0.15, -0.1) is 0 Å². The Hall–Kier alpha value is -3.80. The topological polar surface area (TPSA) is 114 Å². The number of halogens is 3. The Kier molecular flexibility index (Phi) is 8.17.